The third-order valence-electron chi connectivity index (χ3n) is 7.86. The fourth-order valence-corrected chi connectivity index (χ4v) is 6.65. The lowest BCUT2D eigenvalue weighted by Crippen LogP contribution is -2.54. The summed E-state index contributed by atoms with van der Waals surface area (Å²) in [4.78, 5) is 30.0. The molecule has 0 bridgehead atoms. The summed E-state index contributed by atoms with van der Waals surface area (Å²) in [6.45, 7) is 7.16. The molecule has 2 amide bonds. The number of sulfonamides is 1. The summed E-state index contributed by atoms with van der Waals surface area (Å²) in [5, 5.41) is 3.43. The molecule has 0 aliphatic heterocycles. The van der Waals surface area contributed by atoms with E-state index in [1.54, 1.807) is 43.3 Å². The van der Waals surface area contributed by atoms with Gasteiger partial charge in [-0.3, -0.25) is 13.9 Å². The summed E-state index contributed by atoms with van der Waals surface area (Å²) in [6.07, 6.45) is 0.967. The summed E-state index contributed by atoms with van der Waals surface area (Å²) in [5.41, 5.74) is 3.57. The molecule has 0 aliphatic rings. The SMILES string of the molecule is CCC(C)NC(=O)C(Cc1ccccc1)N(Cc1ccc(C)cc1)C(=O)CN(c1cccc(Cl)c1C)S(=O)(=O)c1ccccc1. The Bertz CT molecular complexity index is 1700. The topological polar surface area (TPSA) is 86.8 Å². The Balaban J connectivity index is 1.83. The van der Waals surface area contributed by atoms with Crippen LogP contribution in [0.3, 0.4) is 0 Å². The minimum Gasteiger partial charge on any atom is -0.352 e. The maximum Gasteiger partial charge on any atom is 0.264 e. The van der Waals surface area contributed by atoms with E-state index < -0.39 is 28.5 Å². The van der Waals surface area contributed by atoms with Crippen LogP contribution in [-0.4, -0.2) is 43.8 Å². The van der Waals surface area contributed by atoms with E-state index >= 15 is 0 Å². The van der Waals surface area contributed by atoms with Gasteiger partial charge >= 0.3 is 0 Å². The molecule has 0 heterocycles. The van der Waals surface area contributed by atoms with Crippen LogP contribution in [0.2, 0.25) is 5.02 Å². The van der Waals surface area contributed by atoms with Gasteiger partial charge in [-0.15, -0.1) is 0 Å². The lowest BCUT2D eigenvalue weighted by Gasteiger charge is -2.34. The van der Waals surface area contributed by atoms with Crippen LogP contribution in [0.15, 0.2) is 108 Å². The number of rotatable bonds is 13. The third-order valence-corrected chi connectivity index (χ3v) is 10.0. The highest BCUT2D eigenvalue weighted by Crippen LogP contribution is 2.31. The Kier molecular flexibility index (Phi) is 11.4. The predicted molar refractivity (Wildman–Crippen MR) is 181 cm³/mol. The Morgan fingerprint density at radius 1 is 0.822 bits per heavy atom. The van der Waals surface area contributed by atoms with Crippen LogP contribution in [0, 0.1) is 13.8 Å². The highest BCUT2D eigenvalue weighted by Gasteiger charge is 2.35. The van der Waals surface area contributed by atoms with Gasteiger partial charge < -0.3 is 10.2 Å². The van der Waals surface area contributed by atoms with Crippen LogP contribution < -0.4 is 9.62 Å². The molecule has 0 saturated carbocycles. The molecule has 236 valence electrons. The Hall–Kier alpha value is -4.14. The molecule has 9 heteroatoms. The largest absolute Gasteiger partial charge is 0.352 e. The summed E-state index contributed by atoms with van der Waals surface area (Å²) in [5.74, 6) is -0.820. The van der Waals surface area contributed by atoms with E-state index in [1.807, 2.05) is 75.4 Å². The molecule has 0 aliphatic carbocycles. The molecule has 0 spiro atoms. The molecule has 0 fully saturated rings. The molecule has 45 heavy (non-hydrogen) atoms. The average Bonchev–Trinajstić information content (AvgIpc) is 3.04. The number of carbonyl (C=O) groups excluding carboxylic acids is 2. The van der Waals surface area contributed by atoms with Gasteiger partial charge in [0.15, 0.2) is 0 Å². The standard InChI is InChI=1S/C36H40ClN3O4S/c1-5-27(3)38-36(42)34(23-29-13-8-6-9-14-29)39(24-30-21-19-26(2)20-22-30)35(41)25-40(33-18-12-17-32(37)28(33)4)45(43,44)31-15-10-7-11-16-31/h6-22,27,34H,5,23-25H2,1-4H3,(H,38,42). The third kappa shape index (κ3) is 8.53. The number of hydrogen-bond donors (Lipinski definition) is 1. The van der Waals surface area contributed by atoms with E-state index in [1.165, 1.54) is 17.0 Å². The Morgan fingerprint density at radius 3 is 2.07 bits per heavy atom. The minimum atomic E-state index is -4.20. The maximum absolute atomic E-state index is 14.6. The zero-order valence-electron chi connectivity index (χ0n) is 26.1. The van der Waals surface area contributed by atoms with E-state index in [0.29, 0.717) is 22.7 Å². The molecule has 2 unspecified atom stereocenters. The van der Waals surface area contributed by atoms with Crippen molar-refractivity contribution in [1.29, 1.82) is 0 Å². The fourth-order valence-electron chi connectivity index (χ4n) is 4.98. The van der Waals surface area contributed by atoms with Crippen molar-refractivity contribution >= 4 is 39.1 Å². The van der Waals surface area contributed by atoms with Crippen LogP contribution in [-0.2, 0) is 32.6 Å². The second-order valence-electron chi connectivity index (χ2n) is 11.2. The fraction of sp³-hybridized carbons (Fsp3) is 0.278. The van der Waals surface area contributed by atoms with Gasteiger partial charge in [-0.25, -0.2) is 8.42 Å². The van der Waals surface area contributed by atoms with Crippen LogP contribution in [0.25, 0.3) is 0 Å². The minimum absolute atomic E-state index is 0.0395. The van der Waals surface area contributed by atoms with Crippen LogP contribution in [0.1, 0.15) is 42.5 Å². The monoisotopic (exact) mass is 645 g/mol. The van der Waals surface area contributed by atoms with Crippen LogP contribution in [0.4, 0.5) is 5.69 Å². The molecule has 0 saturated heterocycles. The first-order chi connectivity index (χ1) is 21.5. The van der Waals surface area contributed by atoms with Gasteiger partial charge in [-0.05, 0) is 68.1 Å². The van der Waals surface area contributed by atoms with Crippen molar-refractivity contribution in [3.63, 3.8) is 0 Å². The summed E-state index contributed by atoms with van der Waals surface area (Å²) in [6, 6.07) is 29.2. The number of aryl methyl sites for hydroxylation is 1. The number of amides is 2. The van der Waals surface area contributed by atoms with Gasteiger partial charge in [0.1, 0.15) is 12.6 Å². The van der Waals surface area contributed by atoms with E-state index in [-0.39, 0.29) is 29.8 Å². The van der Waals surface area contributed by atoms with Crippen LogP contribution in [0.5, 0.6) is 0 Å². The van der Waals surface area contributed by atoms with Gasteiger partial charge in [0.05, 0.1) is 10.6 Å². The molecule has 4 rings (SSSR count). The van der Waals surface area contributed by atoms with Gasteiger partial charge in [0.2, 0.25) is 11.8 Å². The van der Waals surface area contributed by atoms with Crippen molar-refractivity contribution in [2.45, 2.75) is 64.1 Å². The molecule has 2 atom stereocenters. The first kappa shape index (κ1) is 33.7. The lowest BCUT2D eigenvalue weighted by atomic mass is 10.0. The van der Waals surface area contributed by atoms with Crippen molar-refractivity contribution in [3.05, 3.63) is 130 Å². The number of halogens is 1. The first-order valence-corrected chi connectivity index (χ1v) is 16.8. The number of nitrogens with one attached hydrogen (secondary N) is 1. The Labute approximate surface area is 271 Å². The number of anilines is 1. The molecule has 1 N–H and O–H groups in total. The predicted octanol–water partition coefficient (Wildman–Crippen LogP) is 6.71. The summed E-state index contributed by atoms with van der Waals surface area (Å²) in [7, 11) is -4.20. The van der Waals surface area contributed by atoms with Gasteiger partial charge in [0, 0.05) is 24.0 Å². The van der Waals surface area contributed by atoms with Crippen molar-refractivity contribution in [3.8, 4) is 0 Å². The molecular formula is C36H40ClN3O4S. The zero-order valence-corrected chi connectivity index (χ0v) is 27.7. The highest BCUT2D eigenvalue weighted by molar-refractivity contribution is 7.92. The molecule has 0 aromatic heterocycles. The smallest absolute Gasteiger partial charge is 0.264 e. The Morgan fingerprint density at radius 2 is 1.44 bits per heavy atom. The number of carbonyl (C=O) groups is 2. The quantitative estimate of drug-likeness (QED) is 0.175. The van der Waals surface area contributed by atoms with Crippen molar-refractivity contribution in [1.82, 2.24) is 10.2 Å². The molecule has 7 nitrogen and oxygen atoms in total. The average molecular weight is 646 g/mol. The normalized spacial score (nSPS) is 12.6. The molecule has 0 radical (unpaired) electrons. The van der Waals surface area contributed by atoms with Crippen molar-refractivity contribution in [2.75, 3.05) is 10.8 Å². The lowest BCUT2D eigenvalue weighted by molar-refractivity contribution is -0.140. The zero-order chi connectivity index (χ0) is 32.6. The second kappa shape index (κ2) is 15.2. The maximum atomic E-state index is 14.6. The van der Waals surface area contributed by atoms with Crippen molar-refractivity contribution < 1.29 is 18.0 Å². The highest BCUT2D eigenvalue weighted by atomic mass is 35.5. The summed E-state index contributed by atoms with van der Waals surface area (Å²) < 4.78 is 29.4. The number of benzene rings is 4. The van der Waals surface area contributed by atoms with E-state index in [4.69, 9.17) is 11.6 Å². The van der Waals surface area contributed by atoms with E-state index in [2.05, 4.69) is 5.32 Å². The van der Waals surface area contributed by atoms with E-state index in [0.717, 1.165) is 21.0 Å². The van der Waals surface area contributed by atoms with Gasteiger partial charge in [0.25, 0.3) is 10.0 Å². The number of nitrogens with zero attached hydrogens (tertiary/aromatic N) is 2. The molecule has 4 aromatic rings. The summed E-state index contributed by atoms with van der Waals surface area (Å²) >= 11 is 6.45. The second-order valence-corrected chi connectivity index (χ2v) is 13.5. The van der Waals surface area contributed by atoms with E-state index in [9.17, 15) is 18.0 Å². The van der Waals surface area contributed by atoms with Gasteiger partial charge in [-0.1, -0.05) is 103 Å². The first-order valence-electron chi connectivity index (χ1n) is 15.0. The van der Waals surface area contributed by atoms with Gasteiger partial charge in [-0.2, -0.15) is 0 Å². The molecular weight excluding hydrogens is 606 g/mol. The number of hydrogen-bond acceptors (Lipinski definition) is 4. The van der Waals surface area contributed by atoms with Crippen LogP contribution >= 0.6 is 11.6 Å². The molecule has 4 aromatic carbocycles. The van der Waals surface area contributed by atoms with Crippen molar-refractivity contribution in [2.24, 2.45) is 0 Å².